The Morgan fingerprint density at radius 2 is 2.44 bits per heavy atom. The normalized spacial score (nSPS) is 18.1. The Balaban J connectivity index is 2.10. The Bertz CT molecular complexity index is 532. The second kappa shape index (κ2) is 5.12. The van der Waals surface area contributed by atoms with Gasteiger partial charge in [0.15, 0.2) is 5.16 Å². The highest BCUT2D eigenvalue weighted by Gasteiger charge is 2.44. The summed E-state index contributed by atoms with van der Waals surface area (Å²) in [6.45, 7) is 1.79. The molecule has 1 aromatic heterocycles. The number of rotatable bonds is 5. The fourth-order valence-electron chi connectivity index (χ4n) is 1.95. The number of hydrogen-bond acceptors (Lipinski definition) is 5. The summed E-state index contributed by atoms with van der Waals surface area (Å²) in [6.07, 6.45) is 2.18. The van der Waals surface area contributed by atoms with Crippen LogP contribution in [-0.4, -0.2) is 28.3 Å². The molecule has 0 amide bonds. The fourth-order valence-corrected chi connectivity index (χ4v) is 3.14. The molecule has 1 fully saturated rings. The molecule has 6 heteroatoms. The summed E-state index contributed by atoms with van der Waals surface area (Å²) in [4.78, 5) is 18.3. The van der Waals surface area contributed by atoms with Gasteiger partial charge in [-0.1, -0.05) is 11.8 Å². The average Bonchev–Trinajstić information content (AvgIpc) is 3.14. The Morgan fingerprint density at radius 3 is 2.94 bits per heavy atom. The van der Waals surface area contributed by atoms with Crippen molar-refractivity contribution in [2.75, 3.05) is 12.8 Å². The Morgan fingerprint density at radius 1 is 1.72 bits per heavy atom. The fraction of sp³-hybridized carbons (Fsp3) is 0.583. The lowest BCUT2D eigenvalue weighted by Crippen LogP contribution is -2.46. The molecule has 1 aromatic rings. The number of aromatic amines is 1. The monoisotopic (exact) mass is 264 g/mol. The van der Waals surface area contributed by atoms with Gasteiger partial charge in [0.2, 0.25) is 0 Å². The van der Waals surface area contributed by atoms with Crippen LogP contribution >= 0.6 is 11.8 Å². The van der Waals surface area contributed by atoms with E-state index in [0.717, 1.165) is 12.8 Å². The first-order chi connectivity index (χ1) is 8.59. The largest absolute Gasteiger partial charge is 0.302 e. The smallest absolute Gasteiger partial charge is 0.251 e. The Hall–Kier alpha value is -1.32. The molecule has 1 aliphatic rings. The van der Waals surface area contributed by atoms with Gasteiger partial charge >= 0.3 is 0 Å². The lowest BCUT2D eigenvalue weighted by molar-refractivity contribution is 0.441. The van der Waals surface area contributed by atoms with Crippen molar-refractivity contribution in [2.45, 2.75) is 30.5 Å². The zero-order valence-electron chi connectivity index (χ0n) is 10.5. The Labute approximate surface area is 110 Å². The van der Waals surface area contributed by atoms with Crippen LogP contribution in [0, 0.1) is 24.2 Å². The van der Waals surface area contributed by atoms with Crippen molar-refractivity contribution in [3.05, 3.63) is 22.1 Å². The molecule has 5 nitrogen and oxygen atoms in total. The summed E-state index contributed by atoms with van der Waals surface area (Å²) in [5.74, 6) is 1.01. The molecule has 1 atom stereocenters. The van der Waals surface area contributed by atoms with Gasteiger partial charge < -0.3 is 10.3 Å². The van der Waals surface area contributed by atoms with E-state index in [2.05, 4.69) is 21.4 Å². The molecule has 0 aromatic carbocycles. The second-order valence-corrected chi connectivity index (χ2v) is 5.55. The van der Waals surface area contributed by atoms with Crippen molar-refractivity contribution in [1.29, 1.82) is 5.26 Å². The summed E-state index contributed by atoms with van der Waals surface area (Å²) in [6, 6.07) is 3.83. The number of H-pyrrole nitrogens is 1. The minimum atomic E-state index is -0.507. The zero-order valence-corrected chi connectivity index (χ0v) is 11.3. The predicted molar refractivity (Wildman–Crippen MR) is 70.4 cm³/mol. The number of nitrogens with one attached hydrogen (secondary N) is 2. The van der Waals surface area contributed by atoms with Gasteiger partial charge in [-0.25, -0.2) is 4.98 Å². The highest BCUT2D eigenvalue weighted by molar-refractivity contribution is 7.99. The second-order valence-electron chi connectivity index (χ2n) is 4.59. The van der Waals surface area contributed by atoms with Crippen molar-refractivity contribution in [1.82, 2.24) is 15.3 Å². The minimum absolute atomic E-state index is 0.150. The van der Waals surface area contributed by atoms with E-state index in [-0.39, 0.29) is 5.56 Å². The van der Waals surface area contributed by atoms with E-state index >= 15 is 0 Å². The maximum Gasteiger partial charge on any atom is 0.251 e. The van der Waals surface area contributed by atoms with E-state index in [0.29, 0.717) is 22.5 Å². The quantitative estimate of drug-likeness (QED) is 0.614. The molecular formula is C12H16N4OS. The minimum Gasteiger partial charge on any atom is -0.302 e. The van der Waals surface area contributed by atoms with Crippen molar-refractivity contribution >= 4 is 11.8 Å². The van der Waals surface area contributed by atoms with E-state index in [1.54, 1.807) is 6.92 Å². The zero-order chi connectivity index (χ0) is 13.2. The van der Waals surface area contributed by atoms with Crippen molar-refractivity contribution in [2.24, 2.45) is 5.92 Å². The molecule has 0 spiro atoms. The van der Waals surface area contributed by atoms with Crippen molar-refractivity contribution < 1.29 is 0 Å². The summed E-state index contributed by atoms with van der Waals surface area (Å²) in [5.41, 5.74) is 0.0376. The molecule has 1 heterocycles. The maximum atomic E-state index is 11.3. The summed E-state index contributed by atoms with van der Waals surface area (Å²) < 4.78 is 0. The molecule has 96 valence electrons. The number of thioether (sulfide) groups is 1. The number of nitrogens with zero attached hydrogens (tertiary/aromatic N) is 2. The number of nitriles is 1. The van der Waals surface area contributed by atoms with Crippen molar-refractivity contribution in [3.8, 4) is 6.07 Å². The predicted octanol–water partition coefficient (Wildman–Crippen LogP) is 1.06. The van der Waals surface area contributed by atoms with Gasteiger partial charge in [0.1, 0.15) is 5.54 Å². The standard InChI is InChI=1S/C12H16N4OS/c1-8-5-10(17)16-11(15-8)18-7-12(6-13,14-2)9-3-4-9/h5,9,14H,3-4,7H2,1-2H3,(H,15,16,17). The molecule has 0 radical (unpaired) electrons. The first-order valence-electron chi connectivity index (χ1n) is 5.90. The molecule has 2 rings (SSSR count). The third-order valence-corrected chi connectivity index (χ3v) is 4.27. The molecule has 0 bridgehead atoms. The summed E-state index contributed by atoms with van der Waals surface area (Å²) in [5, 5.41) is 13.1. The van der Waals surface area contributed by atoms with Crippen LogP contribution in [0.15, 0.2) is 16.0 Å². The highest BCUT2D eigenvalue weighted by Crippen LogP contribution is 2.41. The first-order valence-corrected chi connectivity index (χ1v) is 6.89. The van der Waals surface area contributed by atoms with Crippen LogP contribution in [0.2, 0.25) is 0 Å². The molecule has 1 unspecified atom stereocenters. The summed E-state index contributed by atoms with van der Waals surface area (Å²) >= 11 is 1.42. The van der Waals surface area contributed by atoms with Crippen molar-refractivity contribution in [3.63, 3.8) is 0 Å². The van der Waals surface area contributed by atoms with Crippen LogP contribution in [0.3, 0.4) is 0 Å². The topological polar surface area (TPSA) is 81.6 Å². The van der Waals surface area contributed by atoms with E-state index < -0.39 is 5.54 Å². The third-order valence-electron chi connectivity index (χ3n) is 3.20. The van der Waals surface area contributed by atoms with E-state index in [1.165, 1.54) is 17.8 Å². The molecule has 18 heavy (non-hydrogen) atoms. The Kier molecular flexibility index (Phi) is 3.73. The molecular weight excluding hydrogens is 248 g/mol. The highest BCUT2D eigenvalue weighted by atomic mass is 32.2. The molecule has 1 saturated carbocycles. The SMILES string of the molecule is CNC(C#N)(CSc1nc(C)cc(=O)[nH]1)C1CC1. The first kappa shape index (κ1) is 13.1. The van der Waals surface area contributed by atoms with Gasteiger partial charge in [-0.15, -0.1) is 0 Å². The van der Waals surface area contributed by atoms with Gasteiger partial charge in [-0.05, 0) is 32.7 Å². The van der Waals surface area contributed by atoms with Gasteiger partial charge in [-0.3, -0.25) is 4.79 Å². The molecule has 1 aliphatic carbocycles. The van der Waals surface area contributed by atoms with Crippen LogP contribution in [0.5, 0.6) is 0 Å². The van der Waals surface area contributed by atoms with Crippen LogP contribution in [0.25, 0.3) is 0 Å². The third kappa shape index (κ3) is 2.74. The molecule has 0 saturated heterocycles. The van der Waals surface area contributed by atoms with Crippen LogP contribution < -0.4 is 10.9 Å². The maximum absolute atomic E-state index is 11.3. The molecule has 0 aliphatic heterocycles. The lowest BCUT2D eigenvalue weighted by Gasteiger charge is -2.25. The number of aryl methyl sites for hydroxylation is 1. The molecule has 2 N–H and O–H groups in total. The summed E-state index contributed by atoms with van der Waals surface area (Å²) in [7, 11) is 1.81. The van der Waals surface area contributed by atoms with Crippen LogP contribution in [-0.2, 0) is 0 Å². The van der Waals surface area contributed by atoms with E-state index in [9.17, 15) is 10.1 Å². The van der Waals surface area contributed by atoms with Crippen LogP contribution in [0.4, 0.5) is 0 Å². The van der Waals surface area contributed by atoms with Gasteiger partial charge in [0.25, 0.3) is 5.56 Å². The van der Waals surface area contributed by atoms with Crippen LogP contribution in [0.1, 0.15) is 18.5 Å². The van der Waals surface area contributed by atoms with Gasteiger partial charge in [0.05, 0.1) is 6.07 Å². The average molecular weight is 264 g/mol. The number of aromatic nitrogens is 2. The van der Waals surface area contributed by atoms with E-state index in [1.807, 2.05) is 7.05 Å². The van der Waals surface area contributed by atoms with E-state index in [4.69, 9.17) is 0 Å². The van der Waals surface area contributed by atoms with Gasteiger partial charge in [0, 0.05) is 17.5 Å². The number of hydrogen-bond donors (Lipinski definition) is 2. The lowest BCUT2D eigenvalue weighted by atomic mass is 9.98. The van der Waals surface area contributed by atoms with Gasteiger partial charge in [-0.2, -0.15) is 5.26 Å².